The van der Waals surface area contributed by atoms with Gasteiger partial charge >= 0.3 is 23.9 Å². The van der Waals surface area contributed by atoms with E-state index in [1.54, 1.807) is 135 Å². The first kappa shape index (κ1) is 71.2. The fourth-order valence-corrected chi connectivity index (χ4v) is 12.9. The molecule has 0 bridgehead atoms. The van der Waals surface area contributed by atoms with Crippen LogP contribution in [0.25, 0.3) is 0 Å². The standard InChI is InChI=1S/C78H86O20/c1-48-49(2)67(92-71(81)56-33-19-9-20-34-56)76(88-60(48)41-79)96-65-52(5)69(94-73(83)58-37-23-11-24-38-58)77(91-63(65)47-86-44-54-29-15-7-16-30-54)98-66-50(3)61(42-80)89-78(70(66)95-74(84)59-39-25-12-26-40-59)97-64-51(4)68(93-72(82)57-35-21-10-22-36-57)75(87-45-55-31-17-8-18-32-55)90-62(64)46-85-43-53-27-13-6-14-28-53/h6-40,48-52,60-70,75-80H,41-47H2,1-5H3. The van der Waals surface area contributed by atoms with Gasteiger partial charge in [-0.1, -0.05) is 198 Å². The summed E-state index contributed by atoms with van der Waals surface area (Å²) < 4.78 is 94.6. The third kappa shape index (κ3) is 17.9. The second-order valence-electron chi connectivity index (χ2n) is 25.4. The van der Waals surface area contributed by atoms with Gasteiger partial charge in [-0.2, -0.15) is 0 Å². The van der Waals surface area contributed by atoms with Crippen molar-refractivity contribution in [2.24, 2.45) is 29.6 Å². The number of aliphatic hydroxyl groups is 2. The molecule has 518 valence electrons. The normalized spacial score (nSPS) is 30.1. The Balaban J connectivity index is 0.971. The Morgan fingerprint density at radius 2 is 0.592 bits per heavy atom. The smallest absolute Gasteiger partial charge is 0.338 e. The van der Waals surface area contributed by atoms with Crippen LogP contribution < -0.4 is 0 Å². The molecule has 0 amide bonds. The molecule has 2 N–H and O–H groups in total. The zero-order chi connectivity index (χ0) is 68.5. The van der Waals surface area contributed by atoms with Gasteiger partial charge in [0.2, 0.25) is 0 Å². The van der Waals surface area contributed by atoms with Crippen LogP contribution in [0.2, 0.25) is 0 Å². The Bertz CT molecular complexity index is 3580. The zero-order valence-electron chi connectivity index (χ0n) is 55.4. The number of ether oxygens (including phenoxy) is 14. The molecular weight excluding hydrogens is 1260 g/mol. The van der Waals surface area contributed by atoms with Gasteiger partial charge in [0.15, 0.2) is 49.6 Å². The number of esters is 4. The van der Waals surface area contributed by atoms with E-state index in [1.165, 1.54) is 0 Å². The maximum Gasteiger partial charge on any atom is 0.338 e. The highest BCUT2D eigenvalue weighted by atomic mass is 16.8. The van der Waals surface area contributed by atoms with Crippen LogP contribution in [0.1, 0.15) is 92.7 Å². The van der Waals surface area contributed by atoms with E-state index in [0.29, 0.717) is 5.56 Å². The molecule has 4 aliphatic rings. The number of carbonyl (C=O) groups excluding carboxylic acids is 4. The predicted molar refractivity (Wildman–Crippen MR) is 355 cm³/mol. The largest absolute Gasteiger partial charge is 0.453 e. The monoisotopic (exact) mass is 1340 g/mol. The average Bonchev–Trinajstić information content (AvgIpc) is 0.770. The Morgan fingerprint density at radius 1 is 0.306 bits per heavy atom. The van der Waals surface area contributed by atoms with Crippen molar-refractivity contribution < 1.29 is 95.7 Å². The van der Waals surface area contributed by atoms with Crippen molar-refractivity contribution in [1.82, 2.24) is 0 Å². The average molecular weight is 1340 g/mol. The van der Waals surface area contributed by atoms with E-state index in [9.17, 15) is 29.4 Å². The van der Waals surface area contributed by atoms with Crippen LogP contribution in [0.3, 0.4) is 0 Å². The van der Waals surface area contributed by atoms with Crippen molar-refractivity contribution in [1.29, 1.82) is 0 Å². The van der Waals surface area contributed by atoms with Crippen LogP contribution in [0.5, 0.6) is 0 Å². The molecule has 20 nitrogen and oxygen atoms in total. The lowest BCUT2D eigenvalue weighted by Crippen LogP contribution is -2.65. The first-order valence-electron chi connectivity index (χ1n) is 33.5. The van der Waals surface area contributed by atoms with Gasteiger partial charge in [0.25, 0.3) is 0 Å². The maximum absolute atomic E-state index is 14.8. The molecule has 20 heteroatoms. The molecule has 20 atom stereocenters. The molecule has 0 saturated carbocycles. The van der Waals surface area contributed by atoms with Crippen molar-refractivity contribution in [2.75, 3.05) is 26.4 Å². The molecule has 7 aromatic carbocycles. The fourth-order valence-electron chi connectivity index (χ4n) is 12.9. The molecule has 98 heavy (non-hydrogen) atoms. The minimum Gasteiger partial charge on any atom is -0.453 e. The molecule has 11 rings (SSSR count). The van der Waals surface area contributed by atoms with E-state index in [2.05, 4.69) is 0 Å². The highest BCUT2D eigenvalue weighted by Gasteiger charge is 2.57. The van der Waals surface area contributed by atoms with Crippen molar-refractivity contribution in [2.45, 2.75) is 147 Å². The van der Waals surface area contributed by atoms with Gasteiger partial charge in [-0.25, -0.2) is 19.2 Å². The Kier molecular flexibility index (Phi) is 25.2. The van der Waals surface area contributed by atoms with Gasteiger partial charge in [0, 0.05) is 23.7 Å². The van der Waals surface area contributed by atoms with Gasteiger partial charge in [0.05, 0.1) is 92.9 Å². The van der Waals surface area contributed by atoms with Crippen LogP contribution in [0, 0.1) is 29.6 Å². The third-order valence-electron chi connectivity index (χ3n) is 18.8. The Hall–Kier alpha value is -8.06. The molecule has 0 spiro atoms. The van der Waals surface area contributed by atoms with E-state index >= 15 is 0 Å². The molecule has 4 aliphatic heterocycles. The summed E-state index contributed by atoms with van der Waals surface area (Å²) in [6.07, 6.45) is -18.2. The zero-order valence-corrected chi connectivity index (χ0v) is 55.4. The van der Waals surface area contributed by atoms with E-state index < -0.39 is 146 Å². The Morgan fingerprint density at radius 3 is 0.969 bits per heavy atom. The first-order valence-corrected chi connectivity index (χ1v) is 33.5. The molecular formula is C78H86O20. The van der Waals surface area contributed by atoms with Crippen molar-refractivity contribution in [3.63, 3.8) is 0 Å². The summed E-state index contributed by atoms with van der Waals surface area (Å²) in [5, 5.41) is 22.2. The molecule has 4 saturated heterocycles. The summed E-state index contributed by atoms with van der Waals surface area (Å²) in [5.41, 5.74) is 3.53. The highest BCUT2D eigenvalue weighted by molar-refractivity contribution is 5.91. The highest BCUT2D eigenvalue weighted by Crippen LogP contribution is 2.43. The van der Waals surface area contributed by atoms with Crippen molar-refractivity contribution >= 4 is 23.9 Å². The van der Waals surface area contributed by atoms with Crippen molar-refractivity contribution in [3.05, 3.63) is 251 Å². The predicted octanol–water partition coefficient (Wildman–Crippen LogP) is 10.8. The minimum absolute atomic E-state index is 0.0805. The van der Waals surface area contributed by atoms with E-state index in [1.807, 2.05) is 112 Å². The van der Waals surface area contributed by atoms with E-state index in [-0.39, 0.29) is 62.2 Å². The minimum atomic E-state index is -1.60. The van der Waals surface area contributed by atoms with Gasteiger partial charge in [-0.3, -0.25) is 0 Å². The summed E-state index contributed by atoms with van der Waals surface area (Å²) in [6.45, 7) is 8.37. The lowest BCUT2D eigenvalue weighted by Gasteiger charge is -2.51. The Labute approximate surface area is 571 Å². The summed E-state index contributed by atoms with van der Waals surface area (Å²) in [4.78, 5) is 57.8. The number of hydrogen-bond donors (Lipinski definition) is 2. The summed E-state index contributed by atoms with van der Waals surface area (Å²) in [6, 6.07) is 62.3. The molecule has 0 aliphatic carbocycles. The molecule has 0 aromatic heterocycles. The second kappa shape index (κ2) is 34.6. The number of aliphatic hydroxyl groups excluding tert-OH is 2. The molecule has 4 heterocycles. The summed E-state index contributed by atoms with van der Waals surface area (Å²) in [5.74, 6) is -6.08. The molecule has 20 unspecified atom stereocenters. The summed E-state index contributed by atoms with van der Waals surface area (Å²) in [7, 11) is 0. The molecule has 7 aromatic rings. The van der Waals surface area contributed by atoms with E-state index in [0.717, 1.165) is 16.7 Å². The van der Waals surface area contributed by atoms with Gasteiger partial charge in [-0.15, -0.1) is 0 Å². The van der Waals surface area contributed by atoms with Crippen LogP contribution in [0.4, 0.5) is 0 Å². The van der Waals surface area contributed by atoms with E-state index in [4.69, 9.17) is 66.3 Å². The third-order valence-corrected chi connectivity index (χ3v) is 18.8. The second-order valence-corrected chi connectivity index (χ2v) is 25.4. The SMILES string of the molecule is CC1C(CO)OC(OC2C(COCc3ccccc3)OC(OC3C(C)C(CO)OC(OC4C(COCc5ccccc5)OC(OCc5ccccc5)C(OC(=O)c5ccccc5)C4C)C3OC(=O)c3ccccc3)C(OC(=O)c3ccccc3)C2C)C(OC(=O)c2ccccc2)C1C. The quantitative estimate of drug-likeness (QED) is 0.0359. The fraction of sp³-hybridized carbons (Fsp3) is 0.410. The van der Waals surface area contributed by atoms with Crippen LogP contribution >= 0.6 is 0 Å². The van der Waals surface area contributed by atoms with Crippen LogP contribution in [-0.2, 0) is 86.1 Å². The molecule has 0 radical (unpaired) electrons. The van der Waals surface area contributed by atoms with Gasteiger partial charge in [0.1, 0.15) is 18.3 Å². The summed E-state index contributed by atoms with van der Waals surface area (Å²) >= 11 is 0. The lowest BCUT2D eigenvalue weighted by atomic mass is 9.83. The lowest BCUT2D eigenvalue weighted by molar-refractivity contribution is -0.377. The van der Waals surface area contributed by atoms with Gasteiger partial charge in [-0.05, 0) is 71.1 Å². The van der Waals surface area contributed by atoms with Crippen molar-refractivity contribution in [3.8, 4) is 0 Å². The van der Waals surface area contributed by atoms with Crippen LogP contribution in [0.15, 0.2) is 212 Å². The first-order chi connectivity index (χ1) is 47.7. The number of carbonyl (C=O) groups is 4. The maximum atomic E-state index is 14.8. The number of hydrogen-bond acceptors (Lipinski definition) is 20. The topological polar surface area (TPSA) is 238 Å². The van der Waals surface area contributed by atoms with Gasteiger partial charge < -0.3 is 76.5 Å². The number of rotatable bonds is 27. The molecule has 4 fully saturated rings. The van der Waals surface area contributed by atoms with Crippen LogP contribution in [-0.4, -0.2) is 153 Å². The number of benzene rings is 7.